The summed E-state index contributed by atoms with van der Waals surface area (Å²) < 4.78 is 14.7. The van der Waals surface area contributed by atoms with E-state index in [0.29, 0.717) is 5.56 Å². The van der Waals surface area contributed by atoms with Crippen molar-refractivity contribution in [2.45, 2.75) is 5.79 Å². The zero-order valence-electron chi connectivity index (χ0n) is 10.7. The molecule has 0 heterocycles. The number of allylic oxidation sites excluding steroid dienone is 1. The lowest BCUT2D eigenvalue weighted by atomic mass is 9.85. The SMILES string of the molecule is CNC1(F)C=CC([N+](=O)[O-])=CC1C(=O)c1ccccc1. The van der Waals surface area contributed by atoms with Crippen molar-refractivity contribution in [1.82, 2.24) is 5.32 Å². The lowest BCUT2D eigenvalue weighted by molar-refractivity contribution is -0.420. The van der Waals surface area contributed by atoms with E-state index in [-0.39, 0.29) is 5.70 Å². The molecule has 2 rings (SSSR count). The highest BCUT2D eigenvalue weighted by Crippen LogP contribution is 2.31. The number of likely N-dealkylation sites (N-methyl/N-ethyl adjacent to an activating group) is 1. The van der Waals surface area contributed by atoms with Gasteiger partial charge in [0.15, 0.2) is 11.6 Å². The molecule has 0 saturated carbocycles. The fraction of sp³-hybridized carbons (Fsp3) is 0.214. The van der Waals surface area contributed by atoms with Gasteiger partial charge in [-0.1, -0.05) is 30.3 Å². The summed E-state index contributed by atoms with van der Waals surface area (Å²) in [4.78, 5) is 22.5. The molecular formula is C14H13FN2O3. The van der Waals surface area contributed by atoms with Gasteiger partial charge in [0.2, 0.25) is 0 Å². The number of carbonyl (C=O) groups is 1. The highest BCUT2D eigenvalue weighted by atomic mass is 19.1. The van der Waals surface area contributed by atoms with Gasteiger partial charge in [0.1, 0.15) is 0 Å². The summed E-state index contributed by atoms with van der Waals surface area (Å²) in [6.07, 6.45) is 3.12. The third kappa shape index (κ3) is 2.50. The molecule has 1 aliphatic rings. The maximum Gasteiger partial charge on any atom is 0.266 e. The van der Waals surface area contributed by atoms with Crippen LogP contribution in [0.5, 0.6) is 0 Å². The van der Waals surface area contributed by atoms with Crippen molar-refractivity contribution >= 4 is 5.78 Å². The van der Waals surface area contributed by atoms with E-state index in [2.05, 4.69) is 5.32 Å². The molecule has 2 unspecified atom stereocenters. The number of alkyl halides is 1. The first-order valence-electron chi connectivity index (χ1n) is 6.00. The van der Waals surface area contributed by atoms with E-state index in [9.17, 15) is 19.3 Å². The molecular weight excluding hydrogens is 263 g/mol. The standard InChI is InChI=1S/C14H13FN2O3/c1-16-14(15)8-7-11(17(19)20)9-12(14)13(18)10-5-3-2-4-6-10/h2-9,12,16H,1H3. The van der Waals surface area contributed by atoms with Crippen LogP contribution in [-0.4, -0.2) is 23.5 Å². The van der Waals surface area contributed by atoms with E-state index in [1.807, 2.05) is 0 Å². The van der Waals surface area contributed by atoms with Crippen LogP contribution < -0.4 is 5.32 Å². The van der Waals surface area contributed by atoms with Gasteiger partial charge in [-0.3, -0.25) is 20.2 Å². The molecule has 1 aromatic rings. The lowest BCUT2D eigenvalue weighted by Gasteiger charge is -2.29. The first-order chi connectivity index (χ1) is 9.48. The molecule has 0 aliphatic heterocycles. The fourth-order valence-corrected chi connectivity index (χ4v) is 2.07. The second-order valence-electron chi connectivity index (χ2n) is 4.41. The molecule has 0 amide bonds. The van der Waals surface area contributed by atoms with Gasteiger partial charge in [-0.25, -0.2) is 4.39 Å². The van der Waals surface area contributed by atoms with E-state index >= 15 is 0 Å². The molecule has 0 spiro atoms. The smallest absolute Gasteiger partial charge is 0.266 e. The number of hydrogen-bond acceptors (Lipinski definition) is 4. The van der Waals surface area contributed by atoms with Crippen molar-refractivity contribution < 1.29 is 14.1 Å². The molecule has 0 radical (unpaired) electrons. The van der Waals surface area contributed by atoms with Gasteiger partial charge in [-0.05, 0) is 13.1 Å². The number of nitrogens with one attached hydrogen (secondary N) is 1. The number of nitrogens with zero attached hydrogens (tertiary/aromatic N) is 1. The molecule has 0 aromatic heterocycles. The minimum absolute atomic E-state index is 0.289. The molecule has 6 heteroatoms. The van der Waals surface area contributed by atoms with Gasteiger partial charge in [0.25, 0.3) is 5.70 Å². The predicted molar refractivity (Wildman–Crippen MR) is 71.4 cm³/mol. The zero-order valence-corrected chi connectivity index (χ0v) is 10.7. The fourth-order valence-electron chi connectivity index (χ4n) is 2.07. The van der Waals surface area contributed by atoms with E-state index in [0.717, 1.165) is 18.2 Å². The second kappa shape index (κ2) is 5.34. The summed E-state index contributed by atoms with van der Waals surface area (Å²) in [6, 6.07) is 8.15. The zero-order chi connectivity index (χ0) is 14.8. The van der Waals surface area contributed by atoms with Crippen molar-refractivity contribution in [3.8, 4) is 0 Å². The third-order valence-corrected chi connectivity index (χ3v) is 3.22. The number of nitro groups is 1. The Hall–Kier alpha value is -2.34. The lowest BCUT2D eigenvalue weighted by Crippen LogP contribution is -2.47. The van der Waals surface area contributed by atoms with E-state index < -0.39 is 22.4 Å². The quantitative estimate of drug-likeness (QED) is 0.395. The van der Waals surface area contributed by atoms with Gasteiger partial charge in [0, 0.05) is 17.7 Å². The predicted octanol–water partition coefficient (Wildman–Crippen LogP) is 2.10. The molecule has 104 valence electrons. The maximum atomic E-state index is 14.7. The third-order valence-electron chi connectivity index (χ3n) is 3.22. The second-order valence-corrected chi connectivity index (χ2v) is 4.41. The van der Waals surface area contributed by atoms with Crippen molar-refractivity contribution in [2.24, 2.45) is 5.92 Å². The van der Waals surface area contributed by atoms with Crippen LogP contribution in [0.15, 0.2) is 54.3 Å². The van der Waals surface area contributed by atoms with Crippen molar-refractivity contribution in [3.63, 3.8) is 0 Å². The number of hydrogen-bond donors (Lipinski definition) is 1. The highest BCUT2D eigenvalue weighted by Gasteiger charge is 2.43. The maximum absolute atomic E-state index is 14.7. The summed E-state index contributed by atoms with van der Waals surface area (Å²) in [5, 5.41) is 13.2. The summed E-state index contributed by atoms with van der Waals surface area (Å²) >= 11 is 0. The summed E-state index contributed by atoms with van der Waals surface area (Å²) in [6.45, 7) is 0. The van der Waals surface area contributed by atoms with Crippen LogP contribution >= 0.6 is 0 Å². The molecule has 2 atom stereocenters. The average Bonchev–Trinajstić information content (AvgIpc) is 2.47. The highest BCUT2D eigenvalue weighted by molar-refractivity contribution is 6.00. The Balaban J connectivity index is 2.42. The number of benzene rings is 1. The molecule has 1 aliphatic carbocycles. The van der Waals surface area contributed by atoms with Gasteiger partial charge < -0.3 is 0 Å². The Bertz CT molecular complexity index is 598. The van der Waals surface area contributed by atoms with Gasteiger partial charge >= 0.3 is 0 Å². The van der Waals surface area contributed by atoms with Crippen molar-refractivity contribution in [2.75, 3.05) is 7.05 Å². The summed E-state index contributed by atoms with van der Waals surface area (Å²) in [5.74, 6) is -3.92. The number of carbonyl (C=O) groups excluding carboxylic acids is 1. The minimum Gasteiger partial charge on any atom is -0.293 e. The monoisotopic (exact) mass is 276 g/mol. The molecule has 0 bridgehead atoms. The number of rotatable bonds is 4. The molecule has 1 aromatic carbocycles. The topological polar surface area (TPSA) is 72.2 Å². The van der Waals surface area contributed by atoms with E-state index in [1.165, 1.54) is 7.05 Å². The van der Waals surface area contributed by atoms with Crippen LogP contribution in [0.25, 0.3) is 0 Å². The first-order valence-corrected chi connectivity index (χ1v) is 6.00. The van der Waals surface area contributed by atoms with Crippen LogP contribution in [-0.2, 0) is 0 Å². The van der Waals surface area contributed by atoms with E-state index in [1.54, 1.807) is 30.3 Å². The van der Waals surface area contributed by atoms with Crippen LogP contribution in [0.2, 0.25) is 0 Å². The van der Waals surface area contributed by atoms with Gasteiger partial charge in [-0.2, -0.15) is 0 Å². The van der Waals surface area contributed by atoms with Crippen LogP contribution in [0.4, 0.5) is 4.39 Å². The Morgan fingerprint density at radius 1 is 1.40 bits per heavy atom. The number of halogens is 1. The Morgan fingerprint density at radius 3 is 2.60 bits per heavy atom. The number of Topliss-reactive ketones (excluding diaryl/α,β-unsaturated/α-hetero) is 1. The Labute approximate surface area is 114 Å². The normalized spacial score (nSPS) is 25.1. The van der Waals surface area contributed by atoms with Crippen LogP contribution in [0, 0.1) is 16.0 Å². The molecule has 20 heavy (non-hydrogen) atoms. The Kier molecular flexibility index (Phi) is 3.76. The molecule has 0 fully saturated rings. The summed E-state index contributed by atoms with van der Waals surface area (Å²) in [5.41, 5.74) is 0.0202. The largest absolute Gasteiger partial charge is 0.293 e. The van der Waals surface area contributed by atoms with Crippen molar-refractivity contribution in [3.05, 3.63) is 69.9 Å². The number of ketones is 1. The Morgan fingerprint density at radius 2 is 2.05 bits per heavy atom. The van der Waals surface area contributed by atoms with E-state index in [4.69, 9.17) is 0 Å². The van der Waals surface area contributed by atoms with Gasteiger partial charge in [-0.15, -0.1) is 0 Å². The van der Waals surface area contributed by atoms with Crippen molar-refractivity contribution in [1.29, 1.82) is 0 Å². The molecule has 0 saturated heterocycles. The van der Waals surface area contributed by atoms with Gasteiger partial charge in [0.05, 0.1) is 10.8 Å². The summed E-state index contributed by atoms with van der Waals surface area (Å²) in [7, 11) is 1.36. The van der Waals surface area contributed by atoms with Crippen LogP contribution in [0.1, 0.15) is 10.4 Å². The minimum atomic E-state index is -2.13. The average molecular weight is 276 g/mol. The molecule has 5 nitrogen and oxygen atoms in total. The molecule has 1 N–H and O–H groups in total. The first kappa shape index (κ1) is 14.1. The van der Waals surface area contributed by atoms with Crippen LogP contribution in [0.3, 0.4) is 0 Å².